The van der Waals surface area contributed by atoms with Crippen LogP contribution in [0.3, 0.4) is 0 Å². The lowest BCUT2D eigenvalue weighted by molar-refractivity contribution is -0.128. The van der Waals surface area contributed by atoms with Gasteiger partial charge in [-0.15, -0.1) is 0 Å². The third kappa shape index (κ3) is 2.70. The summed E-state index contributed by atoms with van der Waals surface area (Å²) < 4.78 is 0. The van der Waals surface area contributed by atoms with E-state index in [0.29, 0.717) is 5.11 Å². The number of nitrogens with one attached hydrogen (secondary N) is 1. The monoisotopic (exact) mass is 262 g/mol. The van der Waals surface area contributed by atoms with Crippen LogP contribution in [0.5, 0.6) is 0 Å². The highest BCUT2D eigenvalue weighted by Crippen LogP contribution is 2.15. The molecule has 18 heavy (non-hydrogen) atoms. The molecule has 2 rings (SSSR count). The molecule has 0 aliphatic carbocycles. The van der Waals surface area contributed by atoms with E-state index in [1.807, 2.05) is 32.0 Å². The number of carbonyl (C=O) groups is 1. The van der Waals surface area contributed by atoms with Gasteiger partial charge in [0.1, 0.15) is 6.04 Å². The topological polar surface area (TPSA) is 32.3 Å². The van der Waals surface area contributed by atoms with Crippen molar-refractivity contribution >= 4 is 23.2 Å². The summed E-state index contributed by atoms with van der Waals surface area (Å²) in [5.74, 6) is 0.0839. The van der Waals surface area contributed by atoms with Crippen LogP contribution in [0.15, 0.2) is 30.3 Å². The maximum Gasteiger partial charge on any atom is 0.251 e. The number of hydrogen-bond acceptors (Lipinski definition) is 2. The molecule has 2 atom stereocenters. The smallest absolute Gasteiger partial charge is 0.251 e. The van der Waals surface area contributed by atoms with E-state index >= 15 is 0 Å². The first kappa shape index (κ1) is 13.0. The van der Waals surface area contributed by atoms with Crippen molar-refractivity contribution in [2.24, 2.45) is 0 Å². The van der Waals surface area contributed by atoms with Crippen LogP contribution < -0.4 is 5.32 Å². The maximum atomic E-state index is 11.9. The van der Waals surface area contributed by atoms with E-state index in [0.717, 1.165) is 12.8 Å². The summed E-state index contributed by atoms with van der Waals surface area (Å²) in [4.78, 5) is 13.7. The van der Waals surface area contributed by atoms with Gasteiger partial charge in [0.15, 0.2) is 5.11 Å². The van der Waals surface area contributed by atoms with E-state index in [4.69, 9.17) is 12.2 Å². The summed E-state index contributed by atoms with van der Waals surface area (Å²) in [6.45, 7) is 3.89. The normalized spacial score (nSPS) is 21.0. The van der Waals surface area contributed by atoms with Gasteiger partial charge < -0.3 is 5.32 Å². The van der Waals surface area contributed by atoms with Crippen molar-refractivity contribution in [2.75, 3.05) is 0 Å². The van der Waals surface area contributed by atoms with Gasteiger partial charge >= 0.3 is 0 Å². The molecule has 1 amide bonds. The predicted molar refractivity (Wildman–Crippen MR) is 76.3 cm³/mol. The van der Waals surface area contributed by atoms with Gasteiger partial charge in [-0.25, -0.2) is 0 Å². The first-order valence-corrected chi connectivity index (χ1v) is 6.68. The van der Waals surface area contributed by atoms with Gasteiger partial charge in [-0.05, 0) is 44.5 Å². The Kier molecular flexibility index (Phi) is 3.97. The van der Waals surface area contributed by atoms with Crippen LogP contribution in [0.1, 0.15) is 25.8 Å². The summed E-state index contributed by atoms with van der Waals surface area (Å²) in [5.41, 5.74) is 1.29. The van der Waals surface area contributed by atoms with Crippen molar-refractivity contribution in [2.45, 2.75) is 38.8 Å². The Morgan fingerprint density at radius 1 is 1.39 bits per heavy atom. The molecular formula is C14H18N2OS. The van der Waals surface area contributed by atoms with Crippen LogP contribution in [-0.2, 0) is 11.2 Å². The highest BCUT2D eigenvalue weighted by molar-refractivity contribution is 7.80. The molecule has 4 heteroatoms. The molecule has 96 valence electrons. The van der Waals surface area contributed by atoms with E-state index in [1.165, 1.54) is 5.56 Å². The number of benzene rings is 1. The number of aryl methyl sites for hydroxylation is 1. The maximum absolute atomic E-state index is 11.9. The van der Waals surface area contributed by atoms with Gasteiger partial charge in [0, 0.05) is 6.04 Å². The average molecular weight is 262 g/mol. The van der Waals surface area contributed by atoms with E-state index in [9.17, 15) is 4.79 Å². The lowest BCUT2D eigenvalue weighted by Gasteiger charge is -2.23. The number of amides is 1. The summed E-state index contributed by atoms with van der Waals surface area (Å²) >= 11 is 5.20. The van der Waals surface area contributed by atoms with Crippen molar-refractivity contribution in [1.82, 2.24) is 10.2 Å². The molecule has 1 aliphatic heterocycles. The number of hydrogen-bond donors (Lipinski definition) is 1. The number of thiocarbonyl (C=S) groups is 1. The van der Waals surface area contributed by atoms with Gasteiger partial charge in [0.05, 0.1) is 0 Å². The lowest BCUT2D eigenvalue weighted by Crippen LogP contribution is -2.39. The Labute approximate surface area is 113 Å². The van der Waals surface area contributed by atoms with E-state index in [-0.39, 0.29) is 18.0 Å². The first-order chi connectivity index (χ1) is 8.59. The molecule has 1 heterocycles. The fraction of sp³-hybridized carbons (Fsp3) is 0.429. The predicted octanol–water partition coefficient (Wildman–Crippen LogP) is 2.11. The van der Waals surface area contributed by atoms with Crippen molar-refractivity contribution in [1.29, 1.82) is 0 Å². The van der Waals surface area contributed by atoms with Gasteiger partial charge in [0.25, 0.3) is 5.91 Å². The molecule has 1 saturated heterocycles. The van der Waals surface area contributed by atoms with Crippen LogP contribution in [0.2, 0.25) is 0 Å². The quantitative estimate of drug-likeness (QED) is 0.844. The zero-order valence-electron chi connectivity index (χ0n) is 10.7. The Morgan fingerprint density at radius 2 is 2.06 bits per heavy atom. The first-order valence-electron chi connectivity index (χ1n) is 6.27. The molecule has 1 aliphatic rings. The van der Waals surface area contributed by atoms with Crippen LogP contribution in [0.25, 0.3) is 0 Å². The van der Waals surface area contributed by atoms with Crippen LogP contribution >= 0.6 is 12.2 Å². The number of nitrogens with zero attached hydrogens (tertiary/aromatic N) is 1. The Balaban J connectivity index is 1.94. The number of carbonyl (C=O) groups excluding carboxylic acids is 1. The molecule has 3 nitrogen and oxygen atoms in total. The molecule has 1 fully saturated rings. The molecule has 1 aromatic rings. The summed E-state index contributed by atoms with van der Waals surface area (Å²) in [5, 5.41) is 3.57. The highest BCUT2D eigenvalue weighted by Gasteiger charge is 2.34. The van der Waals surface area contributed by atoms with E-state index in [1.54, 1.807) is 4.90 Å². The molecule has 0 spiro atoms. The van der Waals surface area contributed by atoms with Gasteiger partial charge in [-0.1, -0.05) is 30.3 Å². The molecule has 1 aromatic carbocycles. The van der Waals surface area contributed by atoms with Crippen molar-refractivity contribution in [3.8, 4) is 0 Å². The second-order valence-corrected chi connectivity index (χ2v) is 5.14. The second kappa shape index (κ2) is 5.48. The average Bonchev–Trinajstić information content (AvgIpc) is 2.62. The molecule has 0 radical (unpaired) electrons. The van der Waals surface area contributed by atoms with Crippen LogP contribution in [0, 0.1) is 0 Å². The zero-order valence-corrected chi connectivity index (χ0v) is 11.5. The lowest BCUT2D eigenvalue weighted by atomic mass is 10.1. The SMILES string of the molecule is C[C@@H]1NC(=S)N([C@@H](C)CCc2ccccc2)C1=O. The van der Waals surface area contributed by atoms with Crippen LogP contribution in [-0.4, -0.2) is 28.0 Å². The minimum atomic E-state index is -0.184. The largest absolute Gasteiger partial charge is 0.351 e. The molecule has 0 aromatic heterocycles. The third-order valence-electron chi connectivity index (χ3n) is 3.30. The molecule has 0 saturated carbocycles. The number of rotatable bonds is 4. The minimum absolute atomic E-state index is 0.0839. The highest BCUT2D eigenvalue weighted by atomic mass is 32.1. The standard InChI is InChI=1S/C14H18N2OS/c1-10(8-9-12-6-4-3-5-7-12)16-13(17)11(2)15-14(16)18/h3-7,10-11H,8-9H2,1-2H3,(H,15,18)/t10-,11-/m0/s1. The Morgan fingerprint density at radius 3 is 2.61 bits per heavy atom. The van der Waals surface area contributed by atoms with Gasteiger partial charge in [-0.2, -0.15) is 0 Å². The zero-order chi connectivity index (χ0) is 13.1. The summed E-state index contributed by atoms with van der Waals surface area (Å²) in [7, 11) is 0. The van der Waals surface area contributed by atoms with Gasteiger partial charge in [-0.3, -0.25) is 9.69 Å². The van der Waals surface area contributed by atoms with E-state index in [2.05, 4.69) is 17.4 Å². The van der Waals surface area contributed by atoms with Crippen LogP contribution in [0.4, 0.5) is 0 Å². The van der Waals surface area contributed by atoms with E-state index < -0.39 is 0 Å². The minimum Gasteiger partial charge on any atom is -0.351 e. The molecule has 1 N–H and O–H groups in total. The van der Waals surface area contributed by atoms with Crippen molar-refractivity contribution in [3.05, 3.63) is 35.9 Å². The molecular weight excluding hydrogens is 244 g/mol. The summed E-state index contributed by atoms with van der Waals surface area (Å²) in [6, 6.07) is 10.3. The second-order valence-electron chi connectivity index (χ2n) is 4.75. The summed E-state index contributed by atoms with van der Waals surface area (Å²) in [6.07, 6.45) is 1.88. The fourth-order valence-corrected chi connectivity index (χ4v) is 2.64. The Hall–Kier alpha value is -1.42. The van der Waals surface area contributed by atoms with Crippen molar-refractivity contribution < 1.29 is 4.79 Å². The fourth-order valence-electron chi connectivity index (χ4n) is 2.19. The van der Waals surface area contributed by atoms with Gasteiger partial charge in [0.2, 0.25) is 0 Å². The third-order valence-corrected chi connectivity index (χ3v) is 3.62. The molecule has 0 unspecified atom stereocenters. The van der Waals surface area contributed by atoms with Crippen molar-refractivity contribution in [3.63, 3.8) is 0 Å². The Bertz CT molecular complexity index is 446. The molecule has 0 bridgehead atoms.